The first-order chi connectivity index (χ1) is 12.8. The third-order valence-corrected chi connectivity index (χ3v) is 4.26. The molecule has 2 N–H and O–H groups in total. The van der Waals surface area contributed by atoms with Crippen LogP contribution >= 0.6 is 0 Å². The minimum absolute atomic E-state index is 0.272. The summed E-state index contributed by atoms with van der Waals surface area (Å²) in [6, 6.07) is 9.11. The number of hydrogen-bond acceptors (Lipinski definition) is 4. The summed E-state index contributed by atoms with van der Waals surface area (Å²) in [4.78, 5) is 23.4. The normalized spacial score (nSPS) is 12.0. The van der Waals surface area contributed by atoms with E-state index in [1.807, 2.05) is 36.7 Å². The number of hydrogen-bond donors (Lipinski definition) is 2. The zero-order valence-electron chi connectivity index (χ0n) is 15.4. The van der Waals surface area contributed by atoms with Crippen LogP contribution in [0.15, 0.2) is 42.7 Å². The molecule has 27 heavy (non-hydrogen) atoms. The van der Waals surface area contributed by atoms with Gasteiger partial charge in [0.15, 0.2) is 5.82 Å². The molecule has 2 aromatic heterocycles. The summed E-state index contributed by atoms with van der Waals surface area (Å²) in [6.45, 7) is 6.06. The molecule has 0 aliphatic carbocycles. The Labute approximate surface area is 156 Å². The fourth-order valence-electron chi connectivity index (χ4n) is 2.68. The van der Waals surface area contributed by atoms with Crippen molar-refractivity contribution >= 4 is 17.7 Å². The third kappa shape index (κ3) is 4.22. The van der Waals surface area contributed by atoms with Gasteiger partial charge in [-0.1, -0.05) is 29.8 Å². The number of carboxylic acid groups (broad SMARTS) is 1. The van der Waals surface area contributed by atoms with E-state index < -0.39 is 12.0 Å². The molecule has 0 bridgehead atoms. The van der Waals surface area contributed by atoms with Gasteiger partial charge in [-0.3, -0.25) is 14.2 Å². The van der Waals surface area contributed by atoms with Crippen LogP contribution in [0.5, 0.6) is 0 Å². The molecule has 3 aromatic rings. The highest BCUT2D eigenvalue weighted by molar-refractivity contribution is 6.03. The summed E-state index contributed by atoms with van der Waals surface area (Å²) in [5.74, 6) is -0.973. The first-order valence-corrected chi connectivity index (χ1v) is 8.52. The molecule has 1 aromatic carbocycles. The van der Waals surface area contributed by atoms with Crippen molar-refractivity contribution in [3.05, 3.63) is 65.1 Å². The van der Waals surface area contributed by atoms with Gasteiger partial charge in [-0.25, -0.2) is 4.79 Å². The highest BCUT2D eigenvalue weighted by Gasteiger charge is 2.17. The number of aliphatic carboxylic acids is 1. The fraction of sp³-hybridized carbons (Fsp3) is 0.263. The predicted molar refractivity (Wildman–Crippen MR) is 99.8 cm³/mol. The topological polar surface area (TPSA) is 102 Å². The minimum Gasteiger partial charge on any atom is -0.480 e. The van der Waals surface area contributed by atoms with E-state index in [1.54, 1.807) is 6.07 Å². The molecule has 8 nitrogen and oxygen atoms in total. The molecule has 3 rings (SSSR count). The van der Waals surface area contributed by atoms with Crippen LogP contribution in [0.2, 0.25) is 0 Å². The van der Waals surface area contributed by atoms with E-state index in [4.69, 9.17) is 5.11 Å². The predicted octanol–water partition coefficient (Wildman–Crippen LogP) is 2.64. The Morgan fingerprint density at radius 3 is 2.74 bits per heavy atom. The van der Waals surface area contributed by atoms with Gasteiger partial charge >= 0.3 is 5.97 Å². The number of amides is 1. The summed E-state index contributed by atoms with van der Waals surface area (Å²) in [6.07, 6.45) is 2.75. The average molecular weight is 367 g/mol. The van der Waals surface area contributed by atoms with Crippen LogP contribution in [0, 0.1) is 13.8 Å². The van der Waals surface area contributed by atoms with Crippen molar-refractivity contribution in [2.75, 3.05) is 5.32 Å². The van der Waals surface area contributed by atoms with Gasteiger partial charge in [-0.15, -0.1) is 0 Å². The van der Waals surface area contributed by atoms with Gasteiger partial charge in [0.25, 0.3) is 5.91 Å². The van der Waals surface area contributed by atoms with Crippen LogP contribution < -0.4 is 5.32 Å². The number of carboxylic acids is 1. The fourth-order valence-corrected chi connectivity index (χ4v) is 2.68. The number of carbonyl (C=O) groups excluding carboxylic acids is 1. The van der Waals surface area contributed by atoms with Gasteiger partial charge in [0.05, 0.1) is 18.3 Å². The number of nitrogens with one attached hydrogen (secondary N) is 1. The van der Waals surface area contributed by atoms with E-state index in [0.717, 1.165) is 11.3 Å². The summed E-state index contributed by atoms with van der Waals surface area (Å²) < 4.78 is 3.05. The Morgan fingerprint density at radius 1 is 1.26 bits per heavy atom. The Morgan fingerprint density at radius 2 is 2.04 bits per heavy atom. The van der Waals surface area contributed by atoms with Crippen LogP contribution in [0.25, 0.3) is 0 Å². The highest BCUT2D eigenvalue weighted by atomic mass is 16.4. The van der Waals surface area contributed by atoms with Crippen molar-refractivity contribution in [2.24, 2.45) is 0 Å². The van der Waals surface area contributed by atoms with Crippen LogP contribution in [-0.2, 0) is 11.3 Å². The average Bonchev–Trinajstić information content (AvgIpc) is 3.22. The summed E-state index contributed by atoms with van der Waals surface area (Å²) in [7, 11) is 0. The summed E-state index contributed by atoms with van der Waals surface area (Å²) in [5, 5.41) is 20.1. The number of nitrogens with zero attached hydrogens (tertiary/aromatic N) is 4. The SMILES string of the molecule is Cc1cccc(Cn2nc(NC(=O)c3cnn(C(C)C(=O)O)c3)cc2C)c1. The van der Waals surface area contributed by atoms with Crippen molar-refractivity contribution in [1.82, 2.24) is 19.6 Å². The molecule has 1 atom stereocenters. The van der Waals surface area contributed by atoms with Crippen LogP contribution in [0.1, 0.15) is 40.1 Å². The maximum Gasteiger partial charge on any atom is 0.328 e. The number of anilines is 1. The quantitative estimate of drug-likeness (QED) is 0.697. The second kappa shape index (κ2) is 7.45. The monoisotopic (exact) mass is 367 g/mol. The third-order valence-electron chi connectivity index (χ3n) is 4.26. The van der Waals surface area contributed by atoms with Gasteiger partial charge < -0.3 is 10.4 Å². The van der Waals surface area contributed by atoms with Crippen molar-refractivity contribution in [3.63, 3.8) is 0 Å². The number of aromatic nitrogens is 4. The first kappa shape index (κ1) is 18.4. The lowest BCUT2D eigenvalue weighted by Gasteiger charge is -2.05. The second-order valence-corrected chi connectivity index (χ2v) is 6.50. The molecule has 1 amide bonds. The van der Waals surface area contributed by atoms with E-state index in [1.165, 1.54) is 29.6 Å². The van der Waals surface area contributed by atoms with Crippen molar-refractivity contribution < 1.29 is 14.7 Å². The Kier molecular flexibility index (Phi) is 5.07. The lowest BCUT2D eigenvalue weighted by atomic mass is 10.1. The molecule has 140 valence electrons. The van der Waals surface area contributed by atoms with Gasteiger partial charge in [0.2, 0.25) is 0 Å². The van der Waals surface area contributed by atoms with Crippen molar-refractivity contribution in [3.8, 4) is 0 Å². The first-order valence-electron chi connectivity index (χ1n) is 8.52. The van der Waals surface area contributed by atoms with Crippen molar-refractivity contribution in [2.45, 2.75) is 33.4 Å². The van der Waals surface area contributed by atoms with Crippen LogP contribution in [0.4, 0.5) is 5.82 Å². The van der Waals surface area contributed by atoms with E-state index >= 15 is 0 Å². The molecule has 0 saturated heterocycles. The van der Waals surface area contributed by atoms with Crippen LogP contribution in [-0.4, -0.2) is 36.5 Å². The van der Waals surface area contributed by atoms with E-state index in [2.05, 4.69) is 21.6 Å². The molecule has 1 unspecified atom stereocenters. The molecule has 0 aliphatic heterocycles. The largest absolute Gasteiger partial charge is 0.480 e. The van der Waals surface area contributed by atoms with Crippen molar-refractivity contribution in [1.29, 1.82) is 0 Å². The maximum atomic E-state index is 12.4. The molecular formula is C19H21N5O3. The number of aryl methyl sites for hydroxylation is 2. The number of rotatable bonds is 6. The van der Waals surface area contributed by atoms with Crippen LogP contribution in [0.3, 0.4) is 0 Å². The van der Waals surface area contributed by atoms with Gasteiger partial charge in [-0.2, -0.15) is 10.2 Å². The Bertz CT molecular complexity index is 989. The highest BCUT2D eigenvalue weighted by Crippen LogP contribution is 2.14. The van der Waals surface area contributed by atoms with E-state index in [-0.39, 0.29) is 11.5 Å². The minimum atomic E-state index is -1.02. The Hall–Kier alpha value is -3.42. The summed E-state index contributed by atoms with van der Waals surface area (Å²) >= 11 is 0. The molecule has 0 aliphatic rings. The second-order valence-electron chi connectivity index (χ2n) is 6.50. The molecule has 0 spiro atoms. The van der Waals surface area contributed by atoms with E-state index in [0.29, 0.717) is 12.4 Å². The van der Waals surface area contributed by atoms with Gasteiger partial charge in [-0.05, 0) is 26.3 Å². The lowest BCUT2D eigenvalue weighted by molar-refractivity contribution is -0.140. The molecule has 8 heteroatoms. The molecule has 2 heterocycles. The maximum absolute atomic E-state index is 12.4. The molecule has 0 radical (unpaired) electrons. The summed E-state index contributed by atoms with van der Waals surface area (Å²) in [5.41, 5.74) is 3.50. The molecule has 0 fully saturated rings. The zero-order valence-corrected chi connectivity index (χ0v) is 15.4. The number of carbonyl (C=O) groups is 2. The standard InChI is InChI=1S/C19H21N5O3/c1-12-5-4-6-15(7-12)10-23-13(2)8-17(22-23)21-18(25)16-9-20-24(11-16)14(3)19(26)27/h4-9,11,14H,10H2,1-3H3,(H,26,27)(H,21,22,25). The molecule has 0 saturated carbocycles. The smallest absolute Gasteiger partial charge is 0.328 e. The lowest BCUT2D eigenvalue weighted by Crippen LogP contribution is -2.16. The van der Waals surface area contributed by atoms with E-state index in [9.17, 15) is 9.59 Å². The zero-order chi connectivity index (χ0) is 19.6. The van der Waals surface area contributed by atoms with Gasteiger partial charge in [0, 0.05) is 18.0 Å². The van der Waals surface area contributed by atoms with Gasteiger partial charge in [0.1, 0.15) is 6.04 Å². The Balaban J connectivity index is 1.71. The number of benzene rings is 1. The molecular weight excluding hydrogens is 346 g/mol.